The first kappa shape index (κ1) is 18.7. The van der Waals surface area contributed by atoms with Crippen molar-refractivity contribution in [2.75, 3.05) is 13.1 Å². The summed E-state index contributed by atoms with van der Waals surface area (Å²) in [5, 5.41) is 11.6. The second-order valence-electron chi connectivity index (χ2n) is 8.03. The van der Waals surface area contributed by atoms with Crippen LogP contribution in [0.25, 0.3) is 11.0 Å². The predicted molar refractivity (Wildman–Crippen MR) is 119 cm³/mol. The molecule has 2 heterocycles. The highest BCUT2D eigenvalue weighted by atomic mass is 16.3. The van der Waals surface area contributed by atoms with E-state index in [0.29, 0.717) is 0 Å². The fourth-order valence-corrected chi connectivity index (χ4v) is 4.69. The Hall–Kier alpha value is -3.35. The SMILES string of the molecule is N#CC(CCN1CCc2oc3ccccc3c2C1)(c1ccccc1)c1ccccc1. The molecule has 0 bridgehead atoms. The van der Waals surface area contributed by atoms with Gasteiger partial charge in [0.15, 0.2) is 0 Å². The van der Waals surface area contributed by atoms with Crippen LogP contribution in [0.1, 0.15) is 28.9 Å². The molecular weight excluding hydrogens is 368 g/mol. The molecule has 0 radical (unpaired) electrons. The molecule has 0 spiro atoms. The zero-order chi connectivity index (χ0) is 20.4. The Morgan fingerprint density at radius 1 is 0.867 bits per heavy atom. The van der Waals surface area contributed by atoms with E-state index in [1.165, 1.54) is 10.9 Å². The lowest BCUT2D eigenvalue weighted by atomic mass is 9.73. The van der Waals surface area contributed by atoms with Gasteiger partial charge in [0.1, 0.15) is 16.8 Å². The predicted octanol–water partition coefficient (Wildman–Crippen LogP) is 5.69. The molecule has 0 unspecified atom stereocenters. The van der Waals surface area contributed by atoms with Crippen LogP contribution in [-0.4, -0.2) is 18.0 Å². The molecule has 0 fully saturated rings. The van der Waals surface area contributed by atoms with Crippen LogP contribution < -0.4 is 0 Å². The van der Waals surface area contributed by atoms with Crippen molar-refractivity contribution in [3.8, 4) is 6.07 Å². The van der Waals surface area contributed by atoms with Gasteiger partial charge in [-0.15, -0.1) is 0 Å². The van der Waals surface area contributed by atoms with Crippen molar-refractivity contribution in [1.29, 1.82) is 5.26 Å². The van der Waals surface area contributed by atoms with Crippen LogP contribution in [0.2, 0.25) is 0 Å². The molecule has 0 N–H and O–H groups in total. The van der Waals surface area contributed by atoms with E-state index in [2.05, 4.69) is 47.4 Å². The van der Waals surface area contributed by atoms with Gasteiger partial charge in [0.05, 0.1) is 6.07 Å². The Morgan fingerprint density at radius 2 is 1.50 bits per heavy atom. The number of para-hydroxylation sites is 1. The van der Waals surface area contributed by atoms with E-state index < -0.39 is 5.41 Å². The molecular formula is C27H24N2O. The summed E-state index contributed by atoms with van der Waals surface area (Å²) in [4.78, 5) is 2.46. The molecule has 0 saturated heterocycles. The van der Waals surface area contributed by atoms with E-state index in [1.807, 2.05) is 48.5 Å². The smallest absolute Gasteiger partial charge is 0.134 e. The Balaban J connectivity index is 1.44. The van der Waals surface area contributed by atoms with E-state index in [0.717, 1.165) is 54.9 Å². The summed E-state index contributed by atoms with van der Waals surface area (Å²) in [6, 6.07) is 31.4. The monoisotopic (exact) mass is 392 g/mol. The maximum absolute atomic E-state index is 10.4. The van der Waals surface area contributed by atoms with Gasteiger partial charge in [-0.2, -0.15) is 5.26 Å². The minimum absolute atomic E-state index is 0.652. The highest BCUT2D eigenvalue weighted by Crippen LogP contribution is 2.36. The van der Waals surface area contributed by atoms with Gasteiger partial charge in [-0.05, 0) is 23.6 Å². The van der Waals surface area contributed by atoms with Crippen LogP contribution in [0, 0.1) is 11.3 Å². The van der Waals surface area contributed by atoms with Gasteiger partial charge < -0.3 is 4.42 Å². The molecule has 148 valence electrons. The quantitative estimate of drug-likeness (QED) is 0.438. The van der Waals surface area contributed by atoms with E-state index in [-0.39, 0.29) is 0 Å². The highest BCUT2D eigenvalue weighted by molar-refractivity contribution is 5.82. The fraction of sp³-hybridized carbons (Fsp3) is 0.222. The number of nitrogens with zero attached hydrogens (tertiary/aromatic N) is 2. The maximum Gasteiger partial charge on any atom is 0.134 e. The average molecular weight is 393 g/mol. The summed E-state index contributed by atoms with van der Waals surface area (Å²) in [6.45, 7) is 2.69. The third-order valence-corrected chi connectivity index (χ3v) is 6.35. The third kappa shape index (κ3) is 3.20. The Kier molecular flexibility index (Phi) is 4.86. The largest absolute Gasteiger partial charge is 0.461 e. The van der Waals surface area contributed by atoms with Crippen molar-refractivity contribution < 1.29 is 4.42 Å². The van der Waals surface area contributed by atoms with Crippen molar-refractivity contribution >= 4 is 11.0 Å². The summed E-state index contributed by atoms with van der Waals surface area (Å²) >= 11 is 0. The Labute approximate surface area is 177 Å². The van der Waals surface area contributed by atoms with E-state index in [4.69, 9.17) is 4.42 Å². The normalized spacial score (nSPS) is 14.4. The molecule has 5 rings (SSSR count). The second-order valence-corrected chi connectivity index (χ2v) is 8.03. The van der Waals surface area contributed by atoms with Crippen LogP contribution in [0.15, 0.2) is 89.3 Å². The number of hydrogen-bond donors (Lipinski definition) is 0. The zero-order valence-corrected chi connectivity index (χ0v) is 16.9. The highest BCUT2D eigenvalue weighted by Gasteiger charge is 2.35. The standard InChI is InChI=1S/C27H24N2O/c28-20-27(21-9-3-1-4-10-21,22-11-5-2-6-12-22)16-18-29-17-15-26-24(19-29)23-13-7-8-14-25(23)30-26/h1-14H,15-19H2. The van der Waals surface area contributed by atoms with Gasteiger partial charge in [0.25, 0.3) is 0 Å². The minimum Gasteiger partial charge on any atom is -0.461 e. The molecule has 30 heavy (non-hydrogen) atoms. The van der Waals surface area contributed by atoms with Gasteiger partial charge in [-0.3, -0.25) is 4.90 Å². The van der Waals surface area contributed by atoms with Crippen LogP contribution in [0.4, 0.5) is 0 Å². The molecule has 1 aliphatic rings. The van der Waals surface area contributed by atoms with Crippen LogP contribution in [0.5, 0.6) is 0 Å². The first-order chi connectivity index (χ1) is 14.8. The molecule has 4 aromatic rings. The van der Waals surface area contributed by atoms with E-state index in [9.17, 15) is 5.26 Å². The number of hydrogen-bond acceptors (Lipinski definition) is 3. The summed E-state index contributed by atoms with van der Waals surface area (Å²) < 4.78 is 6.07. The number of benzene rings is 3. The fourth-order valence-electron chi connectivity index (χ4n) is 4.69. The lowest BCUT2D eigenvalue weighted by molar-refractivity contribution is 0.231. The maximum atomic E-state index is 10.4. The van der Waals surface area contributed by atoms with Crippen molar-refractivity contribution in [2.24, 2.45) is 0 Å². The average Bonchev–Trinajstić information content (AvgIpc) is 3.19. The van der Waals surface area contributed by atoms with Gasteiger partial charge >= 0.3 is 0 Å². The molecule has 3 aromatic carbocycles. The second kappa shape index (κ2) is 7.82. The molecule has 3 nitrogen and oxygen atoms in total. The number of furan rings is 1. The summed E-state index contributed by atoms with van der Waals surface area (Å²) in [5.74, 6) is 1.12. The lowest BCUT2D eigenvalue weighted by Crippen LogP contribution is -2.36. The molecule has 3 heteroatoms. The first-order valence-electron chi connectivity index (χ1n) is 10.5. The van der Waals surface area contributed by atoms with Crippen molar-refractivity contribution in [2.45, 2.75) is 24.8 Å². The topological polar surface area (TPSA) is 40.2 Å². The van der Waals surface area contributed by atoms with Gasteiger partial charge in [0, 0.05) is 37.0 Å². The Bertz CT molecular complexity index is 1150. The van der Waals surface area contributed by atoms with Gasteiger partial charge in [-0.25, -0.2) is 0 Å². The summed E-state index contributed by atoms with van der Waals surface area (Å²) in [7, 11) is 0. The number of fused-ring (bicyclic) bond motifs is 3. The van der Waals surface area contributed by atoms with Gasteiger partial charge in [0.2, 0.25) is 0 Å². The lowest BCUT2D eigenvalue weighted by Gasteiger charge is -2.32. The Morgan fingerprint density at radius 3 is 2.17 bits per heavy atom. The third-order valence-electron chi connectivity index (χ3n) is 6.35. The molecule has 1 aromatic heterocycles. The first-order valence-corrected chi connectivity index (χ1v) is 10.5. The van der Waals surface area contributed by atoms with Crippen molar-refractivity contribution in [1.82, 2.24) is 4.90 Å². The van der Waals surface area contributed by atoms with Crippen molar-refractivity contribution in [3.05, 3.63) is 107 Å². The number of rotatable bonds is 5. The molecule has 0 saturated carbocycles. The molecule has 0 atom stereocenters. The molecule has 0 amide bonds. The number of nitriles is 1. The van der Waals surface area contributed by atoms with Crippen LogP contribution in [-0.2, 0) is 18.4 Å². The van der Waals surface area contributed by atoms with Crippen LogP contribution in [0.3, 0.4) is 0 Å². The van der Waals surface area contributed by atoms with Crippen LogP contribution >= 0.6 is 0 Å². The van der Waals surface area contributed by atoms with Crippen molar-refractivity contribution in [3.63, 3.8) is 0 Å². The zero-order valence-electron chi connectivity index (χ0n) is 16.9. The van der Waals surface area contributed by atoms with E-state index in [1.54, 1.807) is 0 Å². The summed E-state index contributed by atoms with van der Waals surface area (Å²) in [6.07, 6.45) is 1.67. The molecule has 1 aliphatic heterocycles. The van der Waals surface area contributed by atoms with Gasteiger partial charge in [-0.1, -0.05) is 78.9 Å². The summed E-state index contributed by atoms with van der Waals surface area (Å²) in [5.41, 5.74) is 3.75. The minimum atomic E-state index is -0.652. The molecule has 0 aliphatic carbocycles. The van der Waals surface area contributed by atoms with E-state index >= 15 is 0 Å².